The number of benzene rings is 2. The van der Waals surface area contributed by atoms with Crippen LogP contribution in [0.1, 0.15) is 5.56 Å². The Bertz CT molecular complexity index is 417. The van der Waals surface area contributed by atoms with E-state index in [-0.39, 0.29) is 0 Å². The van der Waals surface area contributed by atoms with Gasteiger partial charge < -0.3 is 5.11 Å². The standard InChI is InChI=1S/C7H5N.C6H6O/c8-6-7-4-2-1-3-5-7;7-6-4-2-1-3-5-6/h1-5H;1-5,7H. The highest BCUT2D eigenvalue weighted by atomic mass is 16.3. The normalized spacial score (nSPS) is 8.20. The summed E-state index contributed by atoms with van der Waals surface area (Å²) in [7, 11) is 0. The van der Waals surface area contributed by atoms with E-state index in [9.17, 15) is 0 Å². The maximum Gasteiger partial charge on any atom is 0.115 e. The molecule has 2 nitrogen and oxygen atoms in total. The van der Waals surface area contributed by atoms with Gasteiger partial charge in [-0.15, -0.1) is 0 Å². The smallest absolute Gasteiger partial charge is 0.115 e. The van der Waals surface area contributed by atoms with Gasteiger partial charge >= 0.3 is 0 Å². The number of phenols is 1. The summed E-state index contributed by atoms with van der Waals surface area (Å²) in [5, 5.41) is 16.9. The van der Waals surface area contributed by atoms with Crippen molar-refractivity contribution < 1.29 is 5.11 Å². The molecular weight excluding hydrogens is 186 g/mol. The van der Waals surface area contributed by atoms with E-state index in [2.05, 4.69) is 0 Å². The third-order valence-electron chi connectivity index (χ3n) is 1.66. The molecule has 0 saturated heterocycles. The Morgan fingerprint density at radius 2 is 1.27 bits per heavy atom. The van der Waals surface area contributed by atoms with Crippen LogP contribution in [0.2, 0.25) is 0 Å². The van der Waals surface area contributed by atoms with Crippen molar-refractivity contribution in [2.75, 3.05) is 0 Å². The van der Waals surface area contributed by atoms with Crippen LogP contribution in [0.25, 0.3) is 0 Å². The summed E-state index contributed by atoms with van der Waals surface area (Å²) in [6.07, 6.45) is 0. The average Bonchev–Trinajstić information content (AvgIpc) is 2.32. The lowest BCUT2D eigenvalue weighted by atomic mass is 10.2. The van der Waals surface area contributed by atoms with Crippen molar-refractivity contribution >= 4 is 0 Å². The zero-order valence-corrected chi connectivity index (χ0v) is 8.17. The van der Waals surface area contributed by atoms with E-state index in [1.165, 1.54) is 0 Å². The number of hydrogen-bond donors (Lipinski definition) is 1. The van der Waals surface area contributed by atoms with E-state index < -0.39 is 0 Å². The molecule has 0 spiro atoms. The van der Waals surface area contributed by atoms with Crippen molar-refractivity contribution in [3.63, 3.8) is 0 Å². The molecule has 0 bridgehead atoms. The number of aromatic hydroxyl groups is 1. The fourth-order valence-electron chi connectivity index (χ4n) is 0.941. The Kier molecular flexibility index (Phi) is 4.49. The largest absolute Gasteiger partial charge is 0.508 e. The Labute approximate surface area is 89.0 Å². The van der Waals surface area contributed by atoms with Crippen LogP contribution in [-0.2, 0) is 0 Å². The van der Waals surface area contributed by atoms with E-state index in [1.54, 1.807) is 36.4 Å². The molecule has 1 N–H and O–H groups in total. The summed E-state index contributed by atoms with van der Waals surface area (Å²) < 4.78 is 0. The molecule has 0 heterocycles. The van der Waals surface area contributed by atoms with Crippen LogP contribution in [0.15, 0.2) is 60.7 Å². The highest BCUT2D eigenvalue weighted by Crippen LogP contribution is 2.02. The van der Waals surface area contributed by atoms with Crippen LogP contribution < -0.4 is 0 Å². The van der Waals surface area contributed by atoms with Gasteiger partial charge in [-0.2, -0.15) is 5.26 Å². The number of nitriles is 1. The van der Waals surface area contributed by atoms with Crippen molar-refractivity contribution in [1.82, 2.24) is 0 Å². The van der Waals surface area contributed by atoms with Gasteiger partial charge in [-0.05, 0) is 24.3 Å². The molecule has 0 atom stereocenters. The van der Waals surface area contributed by atoms with Crippen LogP contribution in [0.4, 0.5) is 0 Å². The average molecular weight is 197 g/mol. The third-order valence-corrected chi connectivity index (χ3v) is 1.66. The molecule has 0 radical (unpaired) electrons. The van der Waals surface area contributed by atoms with Gasteiger partial charge in [-0.1, -0.05) is 36.4 Å². The highest BCUT2D eigenvalue weighted by molar-refractivity contribution is 5.27. The van der Waals surface area contributed by atoms with E-state index in [0.717, 1.165) is 0 Å². The van der Waals surface area contributed by atoms with Gasteiger partial charge in [0.1, 0.15) is 5.75 Å². The first-order valence-electron chi connectivity index (χ1n) is 4.52. The fraction of sp³-hybridized carbons (Fsp3) is 0. The van der Waals surface area contributed by atoms with Gasteiger partial charge in [0.05, 0.1) is 11.6 Å². The molecule has 2 aromatic rings. The number of hydrogen-bond acceptors (Lipinski definition) is 2. The first kappa shape index (κ1) is 10.8. The Morgan fingerprint density at radius 1 is 0.800 bits per heavy atom. The lowest BCUT2D eigenvalue weighted by molar-refractivity contribution is 0.475. The SMILES string of the molecule is N#Cc1ccccc1.Oc1ccccc1. The van der Waals surface area contributed by atoms with Crippen molar-refractivity contribution in [2.24, 2.45) is 0 Å². The summed E-state index contributed by atoms with van der Waals surface area (Å²) in [5.41, 5.74) is 0.715. The van der Waals surface area contributed by atoms with E-state index >= 15 is 0 Å². The minimum Gasteiger partial charge on any atom is -0.508 e. The van der Waals surface area contributed by atoms with Crippen molar-refractivity contribution in [3.05, 3.63) is 66.2 Å². The minimum absolute atomic E-state index is 0.322. The first-order chi connectivity index (χ1) is 7.33. The second kappa shape index (κ2) is 6.22. The maximum atomic E-state index is 8.63. The Balaban J connectivity index is 0.000000151. The van der Waals surface area contributed by atoms with Crippen LogP contribution in [0, 0.1) is 11.3 Å². The molecule has 74 valence electrons. The van der Waals surface area contributed by atoms with Crippen molar-refractivity contribution in [1.29, 1.82) is 5.26 Å². The Hall–Kier alpha value is -2.27. The highest BCUT2D eigenvalue weighted by Gasteiger charge is 1.79. The molecule has 2 heteroatoms. The number of rotatable bonds is 0. The molecule has 2 rings (SSSR count). The topological polar surface area (TPSA) is 44.0 Å². The molecule has 0 aliphatic rings. The molecule has 2 aromatic carbocycles. The maximum absolute atomic E-state index is 8.63. The van der Waals surface area contributed by atoms with Crippen molar-refractivity contribution in [2.45, 2.75) is 0 Å². The first-order valence-corrected chi connectivity index (χ1v) is 4.52. The van der Waals surface area contributed by atoms with Gasteiger partial charge in [0, 0.05) is 0 Å². The minimum atomic E-state index is 0.322. The third kappa shape index (κ3) is 4.49. The summed E-state index contributed by atoms with van der Waals surface area (Å²) >= 11 is 0. The van der Waals surface area contributed by atoms with Gasteiger partial charge in [0.15, 0.2) is 0 Å². The second-order valence-electron chi connectivity index (χ2n) is 2.81. The molecule has 0 amide bonds. The summed E-state index contributed by atoms with van der Waals surface area (Å²) in [4.78, 5) is 0. The van der Waals surface area contributed by atoms with Crippen LogP contribution in [-0.4, -0.2) is 5.11 Å². The van der Waals surface area contributed by atoms with Gasteiger partial charge in [-0.25, -0.2) is 0 Å². The molecule has 0 aromatic heterocycles. The Morgan fingerprint density at radius 3 is 1.53 bits per heavy atom. The van der Waals surface area contributed by atoms with E-state index in [4.69, 9.17) is 10.4 Å². The quantitative estimate of drug-likeness (QED) is 0.705. The van der Waals surface area contributed by atoms with Crippen LogP contribution >= 0.6 is 0 Å². The zero-order valence-electron chi connectivity index (χ0n) is 8.17. The summed E-state index contributed by atoms with van der Waals surface area (Å²) in [6, 6.07) is 19.9. The predicted molar refractivity (Wildman–Crippen MR) is 59.3 cm³/mol. The number of phenolic OH excluding ortho intramolecular Hbond substituents is 1. The lowest BCUT2D eigenvalue weighted by Crippen LogP contribution is -1.66. The van der Waals surface area contributed by atoms with Gasteiger partial charge in [0.2, 0.25) is 0 Å². The van der Waals surface area contributed by atoms with E-state index in [1.807, 2.05) is 30.3 Å². The van der Waals surface area contributed by atoms with Crippen molar-refractivity contribution in [3.8, 4) is 11.8 Å². The predicted octanol–water partition coefficient (Wildman–Crippen LogP) is 2.95. The molecule has 15 heavy (non-hydrogen) atoms. The summed E-state index contributed by atoms with van der Waals surface area (Å²) in [6.45, 7) is 0. The molecule has 0 unspecified atom stereocenters. The second-order valence-corrected chi connectivity index (χ2v) is 2.81. The molecular formula is C13H11NO. The number of para-hydroxylation sites is 1. The fourth-order valence-corrected chi connectivity index (χ4v) is 0.941. The van der Waals surface area contributed by atoms with Gasteiger partial charge in [-0.3, -0.25) is 0 Å². The van der Waals surface area contributed by atoms with E-state index in [0.29, 0.717) is 11.3 Å². The lowest BCUT2D eigenvalue weighted by Gasteiger charge is -1.82. The molecule has 0 aliphatic heterocycles. The monoisotopic (exact) mass is 197 g/mol. The molecule has 0 aliphatic carbocycles. The number of nitrogens with zero attached hydrogens (tertiary/aromatic N) is 1. The van der Waals surface area contributed by atoms with Crippen LogP contribution in [0.5, 0.6) is 5.75 Å². The van der Waals surface area contributed by atoms with Crippen LogP contribution in [0.3, 0.4) is 0 Å². The summed E-state index contributed by atoms with van der Waals surface area (Å²) in [5.74, 6) is 0.322. The van der Waals surface area contributed by atoms with Gasteiger partial charge in [0.25, 0.3) is 0 Å². The molecule has 0 saturated carbocycles. The molecule has 0 fully saturated rings. The zero-order chi connectivity index (χ0) is 10.9.